The molecule has 0 bridgehead atoms. The topological polar surface area (TPSA) is 90.5 Å². The Bertz CT molecular complexity index is 1140. The monoisotopic (exact) mass is 466 g/mol. The SMILES string of the molecule is CC(=N[S@](=O)C(C)(C)C)c1cc(-c2cc(-c3ncc(OCC(F)F)cn3)no2)ccc1F. The summed E-state index contributed by atoms with van der Waals surface area (Å²) in [6.07, 6.45) is -0.0930. The maximum atomic E-state index is 14.4. The average molecular weight is 466 g/mol. The summed E-state index contributed by atoms with van der Waals surface area (Å²) in [6, 6.07) is 5.86. The van der Waals surface area contributed by atoms with Gasteiger partial charge in [-0.1, -0.05) is 5.16 Å². The van der Waals surface area contributed by atoms with E-state index in [1.807, 2.05) is 0 Å². The minimum absolute atomic E-state index is 0.100. The molecule has 0 fully saturated rings. The van der Waals surface area contributed by atoms with Gasteiger partial charge in [0.05, 0.1) is 22.9 Å². The second kappa shape index (κ2) is 9.60. The number of rotatable bonds is 7. The van der Waals surface area contributed by atoms with Crippen molar-refractivity contribution in [1.29, 1.82) is 0 Å². The van der Waals surface area contributed by atoms with E-state index >= 15 is 0 Å². The number of nitrogens with zero attached hydrogens (tertiary/aromatic N) is 4. The molecule has 0 spiro atoms. The van der Waals surface area contributed by atoms with Crippen LogP contribution in [0.25, 0.3) is 22.8 Å². The first kappa shape index (κ1) is 23.6. The molecule has 3 rings (SSSR count). The Hall–Kier alpha value is -3.08. The van der Waals surface area contributed by atoms with Crippen LogP contribution in [0, 0.1) is 5.82 Å². The molecule has 0 aliphatic rings. The number of aromatic nitrogens is 3. The van der Waals surface area contributed by atoms with Crippen molar-refractivity contribution in [3.8, 4) is 28.6 Å². The van der Waals surface area contributed by atoms with Gasteiger partial charge in [-0.3, -0.25) is 0 Å². The van der Waals surface area contributed by atoms with Crippen LogP contribution in [0.4, 0.5) is 13.2 Å². The Morgan fingerprint density at radius 2 is 1.91 bits per heavy atom. The predicted molar refractivity (Wildman–Crippen MR) is 115 cm³/mol. The molecule has 11 heteroatoms. The molecule has 170 valence electrons. The molecule has 2 heterocycles. The van der Waals surface area contributed by atoms with Crippen molar-refractivity contribution >= 4 is 16.7 Å². The van der Waals surface area contributed by atoms with E-state index in [1.54, 1.807) is 33.8 Å². The molecule has 0 unspecified atom stereocenters. The predicted octanol–water partition coefficient (Wildman–Crippen LogP) is 4.85. The highest BCUT2D eigenvalue weighted by molar-refractivity contribution is 7.85. The molecular weight excluding hydrogens is 445 g/mol. The first-order valence-corrected chi connectivity index (χ1v) is 10.6. The molecule has 0 amide bonds. The summed E-state index contributed by atoms with van der Waals surface area (Å²) < 4.78 is 64.8. The van der Waals surface area contributed by atoms with Gasteiger partial charge in [0.25, 0.3) is 6.43 Å². The summed E-state index contributed by atoms with van der Waals surface area (Å²) in [4.78, 5) is 8.07. The third-order valence-corrected chi connectivity index (χ3v) is 5.62. The Morgan fingerprint density at radius 3 is 2.53 bits per heavy atom. The molecule has 0 saturated carbocycles. The lowest BCUT2D eigenvalue weighted by Crippen LogP contribution is -2.20. The van der Waals surface area contributed by atoms with Crippen molar-refractivity contribution < 1.29 is 26.6 Å². The minimum atomic E-state index is -2.60. The van der Waals surface area contributed by atoms with Crippen LogP contribution in [0.5, 0.6) is 5.75 Å². The van der Waals surface area contributed by atoms with Gasteiger partial charge in [0.15, 0.2) is 23.0 Å². The number of hydrogen-bond donors (Lipinski definition) is 0. The first-order chi connectivity index (χ1) is 15.0. The summed E-state index contributed by atoms with van der Waals surface area (Å²) in [5.74, 6) is 0.115. The molecule has 7 nitrogen and oxygen atoms in total. The molecule has 3 aromatic rings. The lowest BCUT2D eigenvalue weighted by atomic mass is 10.0. The van der Waals surface area contributed by atoms with E-state index in [1.165, 1.54) is 30.6 Å². The summed E-state index contributed by atoms with van der Waals surface area (Å²) in [6.45, 7) is 6.17. The zero-order valence-corrected chi connectivity index (χ0v) is 18.6. The van der Waals surface area contributed by atoms with Gasteiger partial charge in [0, 0.05) is 17.2 Å². The molecule has 1 atom stereocenters. The molecule has 1 aromatic carbocycles. The van der Waals surface area contributed by atoms with Crippen LogP contribution in [0.1, 0.15) is 33.3 Å². The fourth-order valence-corrected chi connectivity index (χ4v) is 3.09. The van der Waals surface area contributed by atoms with E-state index in [0.29, 0.717) is 22.7 Å². The summed E-state index contributed by atoms with van der Waals surface area (Å²) in [7, 11) is -1.54. The van der Waals surface area contributed by atoms with Gasteiger partial charge in [-0.05, 0) is 45.9 Å². The fraction of sp³-hybridized carbons (Fsp3) is 0.333. The summed E-state index contributed by atoms with van der Waals surface area (Å²) in [5.41, 5.74) is 1.30. The van der Waals surface area contributed by atoms with E-state index in [4.69, 9.17) is 9.26 Å². The zero-order chi connectivity index (χ0) is 23.5. The van der Waals surface area contributed by atoms with Crippen LogP contribution in [-0.2, 0) is 11.0 Å². The zero-order valence-electron chi connectivity index (χ0n) is 17.8. The number of alkyl halides is 2. The van der Waals surface area contributed by atoms with Crippen molar-refractivity contribution in [1.82, 2.24) is 15.1 Å². The molecule has 0 radical (unpaired) electrons. The van der Waals surface area contributed by atoms with Crippen LogP contribution in [0.2, 0.25) is 0 Å². The Labute approximate surface area is 185 Å². The van der Waals surface area contributed by atoms with Gasteiger partial charge in [-0.25, -0.2) is 27.3 Å². The molecule has 0 saturated heterocycles. The van der Waals surface area contributed by atoms with E-state index in [9.17, 15) is 17.4 Å². The van der Waals surface area contributed by atoms with Crippen LogP contribution < -0.4 is 4.74 Å². The molecule has 0 aliphatic carbocycles. The normalized spacial score (nSPS) is 13.4. The second-order valence-electron chi connectivity index (χ2n) is 7.75. The van der Waals surface area contributed by atoms with E-state index < -0.39 is 34.6 Å². The maximum Gasteiger partial charge on any atom is 0.272 e. The lowest BCUT2D eigenvalue weighted by molar-refractivity contribution is 0.0815. The number of halogens is 3. The molecular formula is C21H21F3N4O3S. The average Bonchev–Trinajstić information content (AvgIpc) is 3.22. The molecule has 32 heavy (non-hydrogen) atoms. The highest BCUT2D eigenvalue weighted by atomic mass is 32.2. The van der Waals surface area contributed by atoms with Gasteiger partial charge in [-0.15, -0.1) is 0 Å². The van der Waals surface area contributed by atoms with Crippen molar-refractivity contribution in [2.45, 2.75) is 38.9 Å². The van der Waals surface area contributed by atoms with Crippen LogP contribution in [-0.4, -0.2) is 42.8 Å². The quantitative estimate of drug-likeness (QED) is 0.462. The van der Waals surface area contributed by atoms with Crippen molar-refractivity contribution in [2.75, 3.05) is 6.61 Å². The van der Waals surface area contributed by atoms with E-state index in [2.05, 4.69) is 19.5 Å². The van der Waals surface area contributed by atoms with Gasteiger partial charge < -0.3 is 9.26 Å². The second-order valence-corrected chi connectivity index (χ2v) is 9.66. The first-order valence-electron chi connectivity index (χ1n) is 9.52. The van der Waals surface area contributed by atoms with Crippen LogP contribution >= 0.6 is 0 Å². The van der Waals surface area contributed by atoms with Gasteiger partial charge in [0.2, 0.25) is 0 Å². The lowest BCUT2D eigenvalue weighted by Gasteiger charge is -2.14. The number of ether oxygens (including phenoxy) is 1. The molecule has 2 aromatic heterocycles. The molecule has 0 aliphatic heterocycles. The van der Waals surface area contributed by atoms with E-state index in [0.717, 1.165) is 0 Å². The van der Waals surface area contributed by atoms with Gasteiger partial charge in [0.1, 0.15) is 23.4 Å². The van der Waals surface area contributed by atoms with Gasteiger partial charge >= 0.3 is 0 Å². The van der Waals surface area contributed by atoms with Gasteiger partial charge in [-0.2, -0.15) is 4.40 Å². The van der Waals surface area contributed by atoms with Crippen molar-refractivity contribution in [3.63, 3.8) is 0 Å². The largest absolute Gasteiger partial charge is 0.484 e. The van der Waals surface area contributed by atoms with Crippen molar-refractivity contribution in [3.05, 3.63) is 48.0 Å². The third-order valence-electron chi connectivity index (χ3n) is 4.13. The molecule has 0 N–H and O–H groups in total. The Balaban J connectivity index is 1.84. The van der Waals surface area contributed by atoms with Crippen LogP contribution in [0.15, 0.2) is 45.6 Å². The Morgan fingerprint density at radius 1 is 1.22 bits per heavy atom. The highest BCUT2D eigenvalue weighted by Gasteiger charge is 2.20. The van der Waals surface area contributed by atoms with E-state index in [-0.39, 0.29) is 17.1 Å². The highest BCUT2D eigenvalue weighted by Crippen LogP contribution is 2.27. The smallest absolute Gasteiger partial charge is 0.272 e. The Kier molecular flexibility index (Phi) is 7.07. The maximum absolute atomic E-state index is 14.4. The van der Waals surface area contributed by atoms with Crippen LogP contribution in [0.3, 0.4) is 0 Å². The minimum Gasteiger partial charge on any atom is -0.484 e. The number of benzene rings is 1. The summed E-state index contributed by atoms with van der Waals surface area (Å²) in [5, 5.41) is 3.91. The van der Waals surface area contributed by atoms with Crippen molar-refractivity contribution in [2.24, 2.45) is 4.40 Å². The fourth-order valence-electron chi connectivity index (χ4n) is 2.47. The standard InChI is InChI=1S/C21H21F3N4O3S/c1-12(28-32(29)21(2,3)4)15-7-13(5-6-16(15)22)18-8-17(27-31-18)20-25-9-14(10-26-20)30-11-19(23)24/h5-10,19H,11H2,1-4H3/t32-/m1/s1. The third kappa shape index (κ3) is 5.78. The summed E-state index contributed by atoms with van der Waals surface area (Å²) >= 11 is 0. The number of hydrogen-bond acceptors (Lipinski definition) is 6.